The van der Waals surface area contributed by atoms with Crippen molar-refractivity contribution in [3.8, 4) is 0 Å². The van der Waals surface area contributed by atoms with Gasteiger partial charge >= 0.3 is 0 Å². The molecule has 0 bridgehead atoms. The van der Waals surface area contributed by atoms with Crippen LogP contribution in [0.3, 0.4) is 0 Å². The Labute approximate surface area is 81.0 Å². The Bertz CT molecular complexity index is 111. The first-order valence-corrected chi connectivity index (χ1v) is 5.50. The number of hydrogen-bond donors (Lipinski definition) is 2. The van der Waals surface area contributed by atoms with Crippen LogP contribution >= 0.6 is 25.3 Å². The van der Waals surface area contributed by atoms with Crippen LogP contribution in [0.2, 0.25) is 0 Å². The second-order valence-corrected chi connectivity index (χ2v) is 5.23. The molecule has 1 rings (SSSR count). The van der Waals surface area contributed by atoms with Crippen molar-refractivity contribution in [1.82, 2.24) is 0 Å². The zero-order valence-corrected chi connectivity index (χ0v) is 9.11. The van der Waals surface area contributed by atoms with Crippen LogP contribution < -0.4 is 0 Å². The van der Waals surface area contributed by atoms with E-state index in [0.717, 1.165) is 11.8 Å². The van der Waals surface area contributed by atoms with E-state index in [1.807, 2.05) is 0 Å². The SMILES string of the molecule is CC1CCC(S)C(S)CC1C. The maximum absolute atomic E-state index is 4.55. The smallest absolute Gasteiger partial charge is 0.0136 e. The Hall–Kier alpha value is 0.700. The average Bonchev–Trinajstić information content (AvgIpc) is 2.05. The predicted octanol–water partition coefficient (Wildman–Crippen LogP) is 3.04. The molecule has 0 saturated heterocycles. The van der Waals surface area contributed by atoms with Crippen LogP contribution in [0.4, 0.5) is 0 Å². The Morgan fingerprint density at radius 3 is 2.18 bits per heavy atom. The van der Waals surface area contributed by atoms with Gasteiger partial charge in [-0.2, -0.15) is 25.3 Å². The first kappa shape index (κ1) is 9.79. The molecule has 1 fully saturated rings. The molecule has 1 aliphatic carbocycles. The lowest BCUT2D eigenvalue weighted by atomic mass is 9.92. The van der Waals surface area contributed by atoms with Crippen LogP contribution in [-0.2, 0) is 0 Å². The van der Waals surface area contributed by atoms with Crippen LogP contribution in [0.25, 0.3) is 0 Å². The Kier molecular flexibility index (Phi) is 3.63. The lowest BCUT2D eigenvalue weighted by molar-refractivity contribution is 0.369. The molecular formula is C9H18S2. The summed E-state index contributed by atoms with van der Waals surface area (Å²) in [6.45, 7) is 4.68. The summed E-state index contributed by atoms with van der Waals surface area (Å²) in [5.74, 6) is 1.69. The van der Waals surface area contributed by atoms with E-state index in [1.54, 1.807) is 0 Å². The topological polar surface area (TPSA) is 0 Å². The van der Waals surface area contributed by atoms with E-state index in [2.05, 4.69) is 39.1 Å². The van der Waals surface area contributed by atoms with Crippen molar-refractivity contribution in [2.75, 3.05) is 0 Å². The first-order valence-electron chi connectivity index (χ1n) is 4.47. The maximum atomic E-state index is 4.55. The molecule has 66 valence electrons. The van der Waals surface area contributed by atoms with E-state index in [9.17, 15) is 0 Å². The minimum Gasteiger partial charge on any atom is -0.175 e. The normalized spacial score (nSPS) is 46.9. The molecule has 2 heteroatoms. The molecule has 0 aromatic heterocycles. The molecule has 1 aliphatic rings. The van der Waals surface area contributed by atoms with Gasteiger partial charge in [-0.25, -0.2) is 0 Å². The van der Waals surface area contributed by atoms with Gasteiger partial charge in [0.15, 0.2) is 0 Å². The van der Waals surface area contributed by atoms with Gasteiger partial charge in [-0.15, -0.1) is 0 Å². The molecule has 1 saturated carbocycles. The van der Waals surface area contributed by atoms with Crippen LogP contribution in [0.1, 0.15) is 33.1 Å². The Balaban J connectivity index is 2.51. The van der Waals surface area contributed by atoms with Crippen molar-refractivity contribution in [1.29, 1.82) is 0 Å². The highest BCUT2D eigenvalue weighted by atomic mass is 32.1. The van der Waals surface area contributed by atoms with Crippen molar-refractivity contribution >= 4 is 25.3 Å². The summed E-state index contributed by atoms with van der Waals surface area (Å²) in [6.07, 6.45) is 3.80. The summed E-state index contributed by atoms with van der Waals surface area (Å²) >= 11 is 9.08. The van der Waals surface area contributed by atoms with Crippen molar-refractivity contribution in [2.45, 2.75) is 43.6 Å². The van der Waals surface area contributed by atoms with Gasteiger partial charge in [-0.1, -0.05) is 13.8 Å². The summed E-state index contributed by atoms with van der Waals surface area (Å²) in [6, 6.07) is 0. The van der Waals surface area contributed by atoms with E-state index in [-0.39, 0.29) is 0 Å². The molecule has 0 radical (unpaired) electrons. The Morgan fingerprint density at radius 2 is 1.55 bits per heavy atom. The molecule has 4 unspecified atom stereocenters. The van der Waals surface area contributed by atoms with Crippen LogP contribution in [0, 0.1) is 11.8 Å². The van der Waals surface area contributed by atoms with E-state index in [1.165, 1.54) is 19.3 Å². The van der Waals surface area contributed by atoms with Gasteiger partial charge in [-0.3, -0.25) is 0 Å². The molecule has 0 nitrogen and oxygen atoms in total. The average molecular weight is 190 g/mol. The molecule has 0 spiro atoms. The zero-order valence-electron chi connectivity index (χ0n) is 7.33. The largest absolute Gasteiger partial charge is 0.175 e. The van der Waals surface area contributed by atoms with Gasteiger partial charge < -0.3 is 0 Å². The predicted molar refractivity (Wildman–Crippen MR) is 57.7 cm³/mol. The van der Waals surface area contributed by atoms with Crippen molar-refractivity contribution in [2.24, 2.45) is 11.8 Å². The van der Waals surface area contributed by atoms with Gasteiger partial charge in [0.1, 0.15) is 0 Å². The molecule has 0 aromatic rings. The minimum atomic E-state index is 0.512. The number of hydrogen-bond acceptors (Lipinski definition) is 2. The standard InChI is InChI=1S/C9H18S2/c1-6-3-4-8(10)9(11)5-7(6)2/h6-11H,3-5H2,1-2H3. The molecule has 4 atom stereocenters. The minimum absolute atomic E-state index is 0.512. The molecular weight excluding hydrogens is 172 g/mol. The van der Waals surface area contributed by atoms with Crippen molar-refractivity contribution < 1.29 is 0 Å². The lowest BCUT2D eigenvalue weighted by Gasteiger charge is -2.17. The van der Waals surface area contributed by atoms with Gasteiger partial charge in [0.25, 0.3) is 0 Å². The van der Waals surface area contributed by atoms with E-state index in [4.69, 9.17) is 0 Å². The molecule has 0 aliphatic heterocycles. The van der Waals surface area contributed by atoms with Gasteiger partial charge in [0, 0.05) is 10.5 Å². The zero-order chi connectivity index (χ0) is 8.43. The highest BCUT2D eigenvalue weighted by Crippen LogP contribution is 2.32. The highest BCUT2D eigenvalue weighted by Gasteiger charge is 2.25. The summed E-state index contributed by atoms with van der Waals surface area (Å²) < 4.78 is 0. The fourth-order valence-corrected chi connectivity index (χ4v) is 2.43. The highest BCUT2D eigenvalue weighted by molar-refractivity contribution is 7.85. The van der Waals surface area contributed by atoms with Crippen molar-refractivity contribution in [3.05, 3.63) is 0 Å². The fourth-order valence-electron chi connectivity index (χ4n) is 1.68. The molecule has 0 heterocycles. The molecule has 0 amide bonds. The van der Waals surface area contributed by atoms with Crippen molar-refractivity contribution in [3.63, 3.8) is 0 Å². The van der Waals surface area contributed by atoms with Gasteiger partial charge in [0.2, 0.25) is 0 Å². The summed E-state index contributed by atoms with van der Waals surface area (Å²) in [5.41, 5.74) is 0. The quantitative estimate of drug-likeness (QED) is 0.426. The summed E-state index contributed by atoms with van der Waals surface area (Å²) in [7, 11) is 0. The molecule has 0 aromatic carbocycles. The van der Waals surface area contributed by atoms with Gasteiger partial charge in [-0.05, 0) is 31.1 Å². The monoisotopic (exact) mass is 190 g/mol. The van der Waals surface area contributed by atoms with E-state index >= 15 is 0 Å². The second-order valence-electron chi connectivity index (χ2n) is 3.90. The number of thiol groups is 2. The number of rotatable bonds is 0. The second kappa shape index (κ2) is 4.08. The van der Waals surface area contributed by atoms with E-state index < -0.39 is 0 Å². The maximum Gasteiger partial charge on any atom is 0.0136 e. The summed E-state index contributed by atoms with van der Waals surface area (Å²) in [4.78, 5) is 0. The van der Waals surface area contributed by atoms with Crippen LogP contribution in [0.5, 0.6) is 0 Å². The molecule has 11 heavy (non-hydrogen) atoms. The Morgan fingerprint density at radius 1 is 0.909 bits per heavy atom. The fraction of sp³-hybridized carbons (Fsp3) is 1.00. The summed E-state index contributed by atoms with van der Waals surface area (Å²) in [5, 5.41) is 1.03. The third-order valence-corrected chi connectivity index (χ3v) is 4.37. The third-order valence-electron chi connectivity index (χ3n) is 2.95. The first-order chi connectivity index (χ1) is 5.11. The molecule has 0 N–H and O–H groups in total. The van der Waals surface area contributed by atoms with Crippen LogP contribution in [0.15, 0.2) is 0 Å². The van der Waals surface area contributed by atoms with Gasteiger partial charge in [0.05, 0.1) is 0 Å². The van der Waals surface area contributed by atoms with Crippen LogP contribution in [-0.4, -0.2) is 10.5 Å². The lowest BCUT2D eigenvalue weighted by Crippen LogP contribution is -2.15. The van der Waals surface area contributed by atoms with E-state index in [0.29, 0.717) is 10.5 Å². The third kappa shape index (κ3) is 2.59.